The molecule has 36 heteroatoms. The third-order valence-electron chi connectivity index (χ3n) is 15.3. The number of hydrogen-bond acceptors (Lipinski definition) is 34. The lowest BCUT2D eigenvalue weighted by molar-refractivity contribution is -0.396. The molecule has 0 aromatic heterocycles. The molecular formula is C46H78N2O34. The van der Waals surface area contributed by atoms with E-state index in [0.29, 0.717) is 0 Å². The molecule has 2 amide bonds. The summed E-state index contributed by atoms with van der Waals surface area (Å²) in [6, 6.07) is -3.65. The summed E-state index contributed by atoms with van der Waals surface area (Å²) >= 11 is 0. The fourth-order valence-corrected chi connectivity index (χ4v) is 10.7. The molecule has 0 aromatic rings. The largest absolute Gasteiger partial charge is 0.394 e. The van der Waals surface area contributed by atoms with Crippen molar-refractivity contribution in [3.63, 3.8) is 0 Å². The van der Waals surface area contributed by atoms with E-state index in [0.717, 1.165) is 13.8 Å². The van der Waals surface area contributed by atoms with Crippen LogP contribution in [0.2, 0.25) is 0 Å². The molecule has 0 radical (unpaired) electrons. The highest BCUT2D eigenvalue weighted by atomic mass is 16.8. The molecule has 7 aliphatic rings. The topological polar surface area (TPSA) is 563 Å². The van der Waals surface area contributed by atoms with Crippen molar-refractivity contribution >= 4 is 11.8 Å². The standard InChI is InChI=1S/C46H78N2O34/c1-10-21(56)26(61)30(65)43(70-10)77-34-17(8-52)75-41(19(25(34)60)47-12(3)54)81-38-23(58)15(6-50)74-46(33(38)68)79-36-18(9-53)76-42(20(48-13(4)55)37(36)80-44-31(66)27(62)22(57)11(2)71-44)82-39-24(59)14(5-49)73-45(32(39)67)78-35-16(7-51)72-40(69)29(64)28(35)63/h10-11,14-46,49-53,56-69H,5-9H2,1-4H3,(H,47,54)(H,48,55)/t10-,11-,14+,15+,16+,17+,18+,19+,20+,21+,22+,23-,24-,25+,26+,27+,28+,29+,30-,31-,32+,33+,34+,35+,36+,37+,38-,39-,40+,41-,42-,43-,44-,45-,46-/m0/s1. The van der Waals surface area contributed by atoms with Gasteiger partial charge in [-0.3, -0.25) is 9.59 Å². The van der Waals surface area contributed by atoms with Gasteiger partial charge in [0.05, 0.1) is 45.2 Å². The predicted octanol–water partition coefficient (Wildman–Crippen LogP) is -13.9. The van der Waals surface area contributed by atoms with E-state index >= 15 is 0 Å². The van der Waals surface area contributed by atoms with E-state index in [2.05, 4.69) is 10.6 Å². The maximum atomic E-state index is 13.2. The van der Waals surface area contributed by atoms with Crippen LogP contribution in [-0.4, -0.2) is 357 Å². The summed E-state index contributed by atoms with van der Waals surface area (Å²) in [5.74, 6) is -1.76. The molecule has 476 valence electrons. The Balaban J connectivity index is 1.20. The van der Waals surface area contributed by atoms with Gasteiger partial charge in [-0.05, 0) is 13.8 Å². The summed E-state index contributed by atoms with van der Waals surface area (Å²) in [5.41, 5.74) is 0. The first-order chi connectivity index (χ1) is 38.7. The lowest BCUT2D eigenvalue weighted by Gasteiger charge is -2.52. The van der Waals surface area contributed by atoms with Crippen molar-refractivity contribution in [1.29, 1.82) is 0 Å². The summed E-state index contributed by atoms with van der Waals surface area (Å²) in [6.07, 6.45) is -62.5. The van der Waals surface area contributed by atoms with E-state index in [1.165, 1.54) is 13.8 Å². The maximum Gasteiger partial charge on any atom is 0.217 e. The quantitative estimate of drug-likeness (QED) is 0.0571. The SMILES string of the molecule is CC(=O)N[C@H]1[C@H](O[C@H]2[C@@H](O)[C@@H](CO)O[C@@H](O[C@H]3[C@H](O[C@@H]4O[C@@H](C)[C@@H](O)[C@@H](O)[C@@H]4O)[C@@H](NC(C)=O)[C@H](O[C@H]4[C@@H](O)[C@@H](CO)O[C@@H](O[C@H]5[C@H](O)[C@@H](O)[C@H](O)O[C@@H]5CO)[C@@H]4O)O[C@@H]3CO)[C@@H]2O)O[C@H](CO)[C@@H](O[C@@H]2O[C@@H](C)[C@@H](O)[C@@H](O)[C@@H]2O)[C@@H]1O. The van der Waals surface area contributed by atoms with Crippen LogP contribution in [0, 0.1) is 0 Å². The summed E-state index contributed by atoms with van der Waals surface area (Å²) in [4.78, 5) is 25.8. The second-order valence-electron chi connectivity index (χ2n) is 21.0. The molecule has 7 fully saturated rings. The van der Waals surface area contributed by atoms with Crippen LogP contribution in [0.4, 0.5) is 0 Å². The molecular weight excluding hydrogens is 1120 g/mol. The molecule has 21 N–H and O–H groups in total. The first-order valence-electron chi connectivity index (χ1n) is 26.3. The molecule has 36 nitrogen and oxygen atoms in total. The molecule has 35 atom stereocenters. The van der Waals surface area contributed by atoms with Crippen molar-refractivity contribution in [2.75, 3.05) is 33.0 Å². The predicted molar refractivity (Wildman–Crippen MR) is 252 cm³/mol. The highest BCUT2D eigenvalue weighted by Crippen LogP contribution is 2.39. The number of hydrogen-bond donors (Lipinski definition) is 21. The normalized spacial score (nSPS) is 51.3. The Morgan fingerprint density at radius 3 is 1.07 bits per heavy atom. The third kappa shape index (κ3) is 14.1. The van der Waals surface area contributed by atoms with Gasteiger partial charge < -0.3 is 169 Å². The molecule has 0 saturated carbocycles. The summed E-state index contributed by atoms with van der Waals surface area (Å²) in [7, 11) is 0. The van der Waals surface area contributed by atoms with Crippen LogP contribution in [-0.2, 0) is 71.2 Å². The van der Waals surface area contributed by atoms with Crippen molar-refractivity contribution in [2.45, 2.75) is 243 Å². The van der Waals surface area contributed by atoms with Gasteiger partial charge in [0.25, 0.3) is 0 Å². The smallest absolute Gasteiger partial charge is 0.217 e. The Morgan fingerprint density at radius 2 is 0.646 bits per heavy atom. The molecule has 7 saturated heterocycles. The third-order valence-corrected chi connectivity index (χ3v) is 15.3. The molecule has 0 aliphatic carbocycles. The number of rotatable bonds is 19. The Bertz CT molecular complexity index is 2030. The van der Waals surface area contributed by atoms with E-state index in [-0.39, 0.29) is 0 Å². The average Bonchev–Trinajstić information content (AvgIpc) is 3.63. The molecule has 7 rings (SSSR count). The van der Waals surface area contributed by atoms with Crippen LogP contribution in [0.1, 0.15) is 27.7 Å². The number of ether oxygens (including phenoxy) is 13. The molecule has 0 spiro atoms. The van der Waals surface area contributed by atoms with Crippen molar-refractivity contribution in [2.24, 2.45) is 0 Å². The van der Waals surface area contributed by atoms with Crippen molar-refractivity contribution in [3.05, 3.63) is 0 Å². The number of aliphatic hydroxyl groups is 19. The Labute approximate surface area is 465 Å². The van der Waals surface area contributed by atoms with Crippen LogP contribution in [0.5, 0.6) is 0 Å². The van der Waals surface area contributed by atoms with Gasteiger partial charge >= 0.3 is 0 Å². The van der Waals surface area contributed by atoms with Gasteiger partial charge in [0.1, 0.15) is 159 Å². The van der Waals surface area contributed by atoms with Crippen molar-refractivity contribution in [3.8, 4) is 0 Å². The summed E-state index contributed by atoms with van der Waals surface area (Å²) in [5, 5.41) is 211. The lowest BCUT2D eigenvalue weighted by atomic mass is 9.93. The van der Waals surface area contributed by atoms with Crippen LogP contribution in [0.3, 0.4) is 0 Å². The molecule has 0 bridgehead atoms. The Hall–Kier alpha value is -2.34. The van der Waals surface area contributed by atoms with Crippen LogP contribution in [0.15, 0.2) is 0 Å². The number of carbonyl (C=O) groups is 2. The number of carbonyl (C=O) groups excluding carboxylic acids is 2. The van der Waals surface area contributed by atoms with Gasteiger partial charge in [-0.2, -0.15) is 0 Å². The van der Waals surface area contributed by atoms with Crippen LogP contribution >= 0.6 is 0 Å². The molecule has 7 aliphatic heterocycles. The zero-order valence-electron chi connectivity index (χ0n) is 44.4. The van der Waals surface area contributed by atoms with Gasteiger partial charge in [-0.25, -0.2) is 0 Å². The number of aliphatic hydroxyl groups excluding tert-OH is 19. The van der Waals surface area contributed by atoms with Crippen molar-refractivity contribution in [1.82, 2.24) is 10.6 Å². The number of amides is 2. The van der Waals surface area contributed by atoms with Crippen LogP contribution in [0.25, 0.3) is 0 Å². The highest BCUT2D eigenvalue weighted by molar-refractivity contribution is 5.73. The van der Waals surface area contributed by atoms with Gasteiger partial charge in [0.15, 0.2) is 44.0 Å². The Kier molecular flexibility index (Phi) is 23.5. The zero-order valence-corrected chi connectivity index (χ0v) is 44.4. The fourth-order valence-electron chi connectivity index (χ4n) is 10.7. The van der Waals surface area contributed by atoms with Gasteiger partial charge in [0.2, 0.25) is 11.8 Å². The summed E-state index contributed by atoms with van der Waals surface area (Å²) in [6.45, 7) is -0.581. The van der Waals surface area contributed by atoms with E-state index in [1.54, 1.807) is 0 Å². The van der Waals surface area contributed by atoms with Gasteiger partial charge in [-0.1, -0.05) is 0 Å². The van der Waals surface area contributed by atoms with E-state index in [4.69, 9.17) is 61.6 Å². The first-order valence-corrected chi connectivity index (χ1v) is 26.3. The minimum absolute atomic E-state index is 0.834. The number of nitrogens with one attached hydrogen (secondary N) is 2. The minimum Gasteiger partial charge on any atom is -0.394 e. The monoisotopic (exact) mass is 1200 g/mol. The first kappa shape index (κ1) is 67.2. The lowest BCUT2D eigenvalue weighted by Crippen LogP contribution is -2.71. The minimum atomic E-state index is -2.30. The summed E-state index contributed by atoms with van der Waals surface area (Å²) < 4.78 is 75.9. The van der Waals surface area contributed by atoms with E-state index in [9.17, 15) is 107 Å². The van der Waals surface area contributed by atoms with Gasteiger partial charge in [0, 0.05) is 13.8 Å². The second-order valence-corrected chi connectivity index (χ2v) is 21.0. The molecule has 7 heterocycles. The zero-order chi connectivity index (χ0) is 60.5. The van der Waals surface area contributed by atoms with Crippen LogP contribution < -0.4 is 10.6 Å². The molecule has 0 unspecified atom stereocenters. The molecule has 82 heavy (non-hydrogen) atoms. The van der Waals surface area contributed by atoms with E-state index < -0.39 is 260 Å². The van der Waals surface area contributed by atoms with Gasteiger partial charge in [-0.15, -0.1) is 0 Å². The van der Waals surface area contributed by atoms with E-state index in [1.807, 2.05) is 0 Å². The Morgan fingerprint density at radius 1 is 0.317 bits per heavy atom. The fraction of sp³-hybridized carbons (Fsp3) is 0.957. The second kappa shape index (κ2) is 28.7. The average molecular weight is 1200 g/mol. The van der Waals surface area contributed by atoms with Crippen molar-refractivity contribution < 1.29 is 168 Å². The highest BCUT2D eigenvalue weighted by Gasteiger charge is 2.60. The maximum absolute atomic E-state index is 13.2. The molecule has 0 aromatic carbocycles.